The molecular weight excluding hydrogens is 258 g/mol. The smallest absolute Gasteiger partial charge is 0.163 e. The van der Waals surface area contributed by atoms with E-state index >= 15 is 0 Å². The predicted octanol–water partition coefficient (Wildman–Crippen LogP) is 3.49. The summed E-state index contributed by atoms with van der Waals surface area (Å²) in [5.74, 6) is -1.49. The topological polar surface area (TPSA) is 15.3 Å². The summed E-state index contributed by atoms with van der Waals surface area (Å²) < 4.78 is 27.4. The van der Waals surface area contributed by atoms with E-state index in [9.17, 15) is 8.78 Å². The Morgan fingerprint density at radius 2 is 2.15 bits per heavy atom. The van der Waals surface area contributed by atoms with Gasteiger partial charge >= 0.3 is 0 Å². The van der Waals surface area contributed by atoms with Crippen LogP contribution in [0.15, 0.2) is 18.2 Å². The van der Waals surface area contributed by atoms with Crippen LogP contribution in [-0.4, -0.2) is 30.6 Å². The average Bonchev–Trinajstić information content (AvgIpc) is 2.44. The average molecular weight is 282 g/mol. The Morgan fingerprint density at radius 1 is 1.35 bits per heavy atom. The van der Waals surface area contributed by atoms with Crippen LogP contribution in [0.4, 0.5) is 8.78 Å². The number of hydrogen-bond acceptors (Lipinski definition) is 2. The number of halogens is 2. The molecule has 1 aromatic carbocycles. The molecule has 2 atom stereocenters. The molecule has 2 nitrogen and oxygen atoms in total. The fourth-order valence-corrected chi connectivity index (χ4v) is 2.97. The maximum Gasteiger partial charge on any atom is 0.163 e. The molecule has 1 aliphatic rings. The highest BCUT2D eigenvalue weighted by Gasteiger charge is 2.24. The number of rotatable bonds is 5. The molecule has 4 heteroatoms. The number of piperidine rings is 1. The van der Waals surface area contributed by atoms with Gasteiger partial charge < -0.3 is 5.32 Å². The molecule has 0 aromatic heterocycles. The summed E-state index contributed by atoms with van der Waals surface area (Å²) in [6.45, 7) is 6.71. The SMILES string of the molecule is CCNC(CN1CCCCC1C)c1cccc(F)c1F. The van der Waals surface area contributed by atoms with Crippen molar-refractivity contribution in [3.63, 3.8) is 0 Å². The highest BCUT2D eigenvalue weighted by Crippen LogP contribution is 2.24. The maximum absolute atomic E-state index is 14.0. The molecule has 112 valence electrons. The Bertz CT molecular complexity index is 436. The van der Waals surface area contributed by atoms with Crippen molar-refractivity contribution in [2.75, 3.05) is 19.6 Å². The van der Waals surface area contributed by atoms with E-state index in [1.807, 2.05) is 6.92 Å². The monoisotopic (exact) mass is 282 g/mol. The fourth-order valence-electron chi connectivity index (χ4n) is 2.97. The van der Waals surface area contributed by atoms with Crippen molar-refractivity contribution < 1.29 is 8.78 Å². The number of nitrogens with zero attached hydrogens (tertiary/aromatic N) is 1. The summed E-state index contributed by atoms with van der Waals surface area (Å²) in [4.78, 5) is 2.38. The third-order valence-electron chi connectivity index (χ3n) is 4.17. The summed E-state index contributed by atoms with van der Waals surface area (Å²) in [7, 11) is 0. The highest BCUT2D eigenvalue weighted by molar-refractivity contribution is 5.23. The van der Waals surface area contributed by atoms with Crippen LogP contribution in [0.5, 0.6) is 0 Å². The van der Waals surface area contributed by atoms with E-state index in [0.29, 0.717) is 11.6 Å². The second-order valence-corrected chi connectivity index (χ2v) is 5.59. The van der Waals surface area contributed by atoms with Gasteiger partial charge in [0.25, 0.3) is 0 Å². The van der Waals surface area contributed by atoms with E-state index in [2.05, 4.69) is 17.1 Å². The molecule has 1 saturated heterocycles. The molecule has 0 radical (unpaired) electrons. The van der Waals surface area contributed by atoms with Crippen molar-refractivity contribution in [1.29, 1.82) is 0 Å². The molecular formula is C16H24F2N2. The zero-order valence-corrected chi connectivity index (χ0v) is 12.3. The molecule has 0 bridgehead atoms. The number of likely N-dealkylation sites (N-methyl/N-ethyl adjacent to an activating group) is 1. The van der Waals surface area contributed by atoms with Gasteiger partial charge in [-0.15, -0.1) is 0 Å². The van der Waals surface area contributed by atoms with Crippen molar-refractivity contribution in [3.05, 3.63) is 35.4 Å². The molecule has 0 aliphatic carbocycles. The minimum atomic E-state index is -0.767. The fraction of sp³-hybridized carbons (Fsp3) is 0.625. The van der Waals surface area contributed by atoms with Crippen LogP contribution in [-0.2, 0) is 0 Å². The van der Waals surface area contributed by atoms with Gasteiger partial charge in [0.2, 0.25) is 0 Å². The van der Waals surface area contributed by atoms with Crippen molar-refractivity contribution in [1.82, 2.24) is 10.2 Å². The molecule has 1 aliphatic heterocycles. The van der Waals surface area contributed by atoms with E-state index in [-0.39, 0.29) is 6.04 Å². The summed E-state index contributed by atoms with van der Waals surface area (Å²) in [6, 6.07) is 4.79. The van der Waals surface area contributed by atoms with Gasteiger partial charge in [-0.1, -0.05) is 25.5 Å². The van der Waals surface area contributed by atoms with Gasteiger partial charge in [-0.05, 0) is 38.9 Å². The van der Waals surface area contributed by atoms with Crippen molar-refractivity contribution in [3.8, 4) is 0 Å². The summed E-state index contributed by atoms with van der Waals surface area (Å²) in [5.41, 5.74) is 0.435. The lowest BCUT2D eigenvalue weighted by Gasteiger charge is -2.36. The summed E-state index contributed by atoms with van der Waals surface area (Å²) in [5, 5.41) is 3.29. The second kappa shape index (κ2) is 7.14. The van der Waals surface area contributed by atoms with Crippen LogP contribution in [0.25, 0.3) is 0 Å². The summed E-state index contributed by atoms with van der Waals surface area (Å²) >= 11 is 0. The van der Waals surface area contributed by atoms with Crippen LogP contribution in [0, 0.1) is 11.6 Å². The molecule has 1 heterocycles. The van der Waals surface area contributed by atoms with Crippen LogP contribution < -0.4 is 5.32 Å². The van der Waals surface area contributed by atoms with Crippen molar-refractivity contribution in [2.45, 2.75) is 45.2 Å². The Labute approximate surface area is 120 Å². The molecule has 1 N–H and O–H groups in total. The predicted molar refractivity (Wildman–Crippen MR) is 77.7 cm³/mol. The largest absolute Gasteiger partial charge is 0.309 e. The van der Waals surface area contributed by atoms with Gasteiger partial charge in [0.1, 0.15) is 0 Å². The second-order valence-electron chi connectivity index (χ2n) is 5.59. The zero-order chi connectivity index (χ0) is 14.5. The lowest BCUT2D eigenvalue weighted by Crippen LogP contribution is -2.43. The maximum atomic E-state index is 14.0. The van der Waals surface area contributed by atoms with Gasteiger partial charge in [0.05, 0.1) is 0 Å². The number of nitrogens with one attached hydrogen (secondary N) is 1. The number of benzene rings is 1. The number of hydrogen-bond donors (Lipinski definition) is 1. The minimum absolute atomic E-state index is 0.156. The third-order valence-corrected chi connectivity index (χ3v) is 4.17. The third kappa shape index (κ3) is 3.55. The molecule has 1 aromatic rings. The first-order valence-corrected chi connectivity index (χ1v) is 7.54. The van der Waals surface area contributed by atoms with E-state index in [0.717, 1.165) is 19.6 Å². The minimum Gasteiger partial charge on any atom is -0.309 e. The first-order valence-electron chi connectivity index (χ1n) is 7.54. The van der Waals surface area contributed by atoms with Crippen molar-refractivity contribution >= 4 is 0 Å². The summed E-state index contributed by atoms with van der Waals surface area (Å²) in [6.07, 6.45) is 3.64. The van der Waals surface area contributed by atoms with Gasteiger partial charge in [-0.3, -0.25) is 4.90 Å². The van der Waals surface area contributed by atoms with Gasteiger partial charge in [0, 0.05) is 24.2 Å². The quantitative estimate of drug-likeness (QED) is 0.889. The van der Waals surface area contributed by atoms with E-state index < -0.39 is 11.6 Å². The lowest BCUT2D eigenvalue weighted by molar-refractivity contribution is 0.143. The van der Waals surface area contributed by atoms with E-state index in [4.69, 9.17) is 0 Å². The molecule has 20 heavy (non-hydrogen) atoms. The van der Waals surface area contributed by atoms with E-state index in [1.54, 1.807) is 12.1 Å². The van der Waals surface area contributed by atoms with Gasteiger partial charge in [0.15, 0.2) is 11.6 Å². The van der Waals surface area contributed by atoms with Crippen LogP contribution >= 0.6 is 0 Å². The van der Waals surface area contributed by atoms with Crippen LogP contribution in [0.1, 0.15) is 44.7 Å². The Morgan fingerprint density at radius 3 is 2.85 bits per heavy atom. The molecule has 0 spiro atoms. The van der Waals surface area contributed by atoms with Crippen LogP contribution in [0.2, 0.25) is 0 Å². The molecule has 0 saturated carbocycles. The molecule has 2 unspecified atom stereocenters. The van der Waals surface area contributed by atoms with Crippen LogP contribution in [0.3, 0.4) is 0 Å². The van der Waals surface area contributed by atoms with Gasteiger partial charge in [-0.25, -0.2) is 8.78 Å². The van der Waals surface area contributed by atoms with Gasteiger partial charge in [-0.2, -0.15) is 0 Å². The Balaban J connectivity index is 2.15. The first-order chi connectivity index (χ1) is 9.63. The van der Waals surface area contributed by atoms with E-state index in [1.165, 1.54) is 25.3 Å². The first kappa shape index (κ1) is 15.4. The Hall–Kier alpha value is -1.00. The molecule has 2 rings (SSSR count). The zero-order valence-electron chi connectivity index (χ0n) is 12.3. The Kier molecular flexibility index (Phi) is 5.49. The lowest BCUT2D eigenvalue weighted by atomic mass is 10.00. The highest BCUT2D eigenvalue weighted by atomic mass is 19.2. The molecule has 0 amide bonds. The number of likely N-dealkylation sites (tertiary alicyclic amines) is 1. The van der Waals surface area contributed by atoms with Crippen molar-refractivity contribution in [2.24, 2.45) is 0 Å². The normalized spacial score (nSPS) is 21.9. The standard InChI is InChI=1S/C16H24F2N2/c1-3-19-15(11-20-10-5-4-7-12(20)2)13-8-6-9-14(17)16(13)18/h6,8-9,12,15,19H,3-5,7,10-11H2,1-2H3. The molecule has 1 fully saturated rings.